The van der Waals surface area contributed by atoms with Gasteiger partial charge in [0.2, 0.25) is 9.84 Å². The quantitative estimate of drug-likeness (QED) is 0.413. The van der Waals surface area contributed by atoms with Gasteiger partial charge in [-0.1, -0.05) is 35.9 Å². The Bertz CT molecular complexity index is 1550. The van der Waals surface area contributed by atoms with Crippen molar-refractivity contribution in [2.45, 2.75) is 36.1 Å². The molecule has 202 valence electrons. The van der Waals surface area contributed by atoms with E-state index in [0.29, 0.717) is 24.4 Å². The molecule has 0 unspecified atom stereocenters. The molecule has 2 aliphatic rings. The maximum absolute atomic E-state index is 13.8. The first-order valence-electron chi connectivity index (χ1n) is 12.7. The molecule has 0 bridgehead atoms. The van der Waals surface area contributed by atoms with Crippen molar-refractivity contribution in [1.29, 1.82) is 0 Å². The molecule has 0 N–H and O–H groups in total. The number of carbonyl (C=O) groups excluding carboxylic acids is 3. The van der Waals surface area contributed by atoms with Gasteiger partial charge in [-0.2, -0.15) is 0 Å². The van der Waals surface area contributed by atoms with Crippen LogP contribution in [-0.2, 0) is 25.9 Å². The lowest BCUT2D eigenvalue weighted by Crippen LogP contribution is -2.43. The normalized spacial score (nSPS) is 18.1. The van der Waals surface area contributed by atoms with Gasteiger partial charge >= 0.3 is 5.97 Å². The smallest absolute Gasteiger partial charge is 0.310 e. The van der Waals surface area contributed by atoms with E-state index in [2.05, 4.69) is 0 Å². The van der Waals surface area contributed by atoms with E-state index in [4.69, 9.17) is 16.3 Å². The molecule has 5 rings (SSSR count). The number of anilines is 1. The number of amides is 2. The Labute approximate surface area is 232 Å². The third-order valence-corrected chi connectivity index (χ3v) is 9.13. The van der Waals surface area contributed by atoms with E-state index in [-0.39, 0.29) is 58.2 Å². The van der Waals surface area contributed by atoms with Crippen molar-refractivity contribution in [2.75, 3.05) is 24.6 Å². The predicted octanol–water partition coefficient (Wildman–Crippen LogP) is 4.75. The summed E-state index contributed by atoms with van der Waals surface area (Å²) in [6.07, 6.45) is 1.28. The highest BCUT2D eigenvalue weighted by atomic mass is 35.5. The van der Waals surface area contributed by atoms with Gasteiger partial charge in [0, 0.05) is 23.7 Å². The summed E-state index contributed by atoms with van der Waals surface area (Å²) >= 11 is 6.04. The summed E-state index contributed by atoms with van der Waals surface area (Å²) in [4.78, 5) is 42.5. The Hall–Kier alpha value is -3.69. The van der Waals surface area contributed by atoms with Crippen LogP contribution in [0.1, 0.15) is 46.0 Å². The molecule has 3 aromatic carbocycles. The number of esters is 1. The molecule has 2 heterocycles. The summed E-state index contributed by atoms with van der Waals surface area (Å²) in [5.41, 5.74) is 1.15. The molecule has 1 saturated heterocycles. The molecule has 0 radical (unpaired) electrons. The van der Waals surface area contributed by atoms with Crippen LogP contribution in [0.25, 0.3) is 0 Å². The van der Waals surface area contributed by atoms with E-state index >= 15 is 0 Å². The zero-order valence-corrected chi connectivity index (χ0v) is 22.9. The molecule has 2 amide bonds. The Balaban J connectivity index is 1.57. The van der Waals surface area contributed by atoms with Crippen molar-refractivity contribution in [1.82, 2.24) is 4.90 Å². The topological polar surface area (TPSA) is 101 Å². The Morgan fingerprint density at radius 1 is 1.03 bits per heavy atom. The van der Waals surface area contributed by atoms with E-state index < -0.39 is 21.7 Å². The highest BCUT2D eigenvalue weighted by molar-refractivity contribution is 7.91. The number of benzene rings is 3. The summed E-state index contributed by atoms with van der Waals surface area (Å²) in [5, 5.41) is 0.532. The lowest BCUT2D eigenvalue weighted by atomic mass is 9.97. The summed E-state index contributed by atoms with van der Waals surface area (Å²) in [5.74, 6) is -1.58. The van der Waals surface area contributed by atoms with Gasteiger partial charge in [0.1, 0.15) is 0 Å². The summed E-state index contributed by atoms with van der Waals surface area (Å²) in [6.45, 7) is 2.75. The number of ether oxygens (including phenoxy) is 1. The van der Waals surface area contributed by atoms with Gasteiger partial charge in [-0.15, -0.1) is 0 Å². The molecule has 0 saturated carbocycles. The van der Waals surface area contributed by atoms with Gasteiger partial charge in [-0.05, 0) is 67.8 Å². The van der Waals surface area contributed by atoms with Crippen LogP contribution in [0.15, 0.2) is 76.5 Å². The number of sulfone groups is 1. The van der Waals surface area contributed by atoms with Crippen LogP contribution in [0, 0.1) is 5.92 Å². The summed E-state index contributed by atoms with van der Waals surface area (Å²) in [6, 6.07) is 17.3. The molecule has 2 aliphatic heterocycles. The monoisotopic (exact) mass is 566 g/mol. The fourth-order valence-electron chi connectivity index (χ4n) is 5.07. The number of fused-ring (bicyclic) bond motifs is 2. The highest BCUT2D eigenvalue weighted by Crippen LogP contribution is 2.38. The first-order chi connectivity index (χ1) is 18.7. The molecule has 39 heavy (non-hydrogen) atoms. The van der Waals surface area contributed by atoms with Crippen LogP contribution in [0.5, 0.6) is 0 Å². The largest absolute Gasteiger partial charge is 0.466 e. The zero-order chi connectivity index (χ0) is 27.7. The number of rotatable bonds is 5. The van der Waals surface area contributed by atoms with E-state index in [1.54, 1.807) is 48.2 Å². The molecule has 10 heteroatoms. The van der Waals surface area contributed by atoms with E-state index in [9.17, 15) is 22.8 Å². The van der Waals surface area contributed by atoms with Crippen molar-refractivity contribution in [3.8, 4) is 0 Å². The SMILES string of the molecule is CCOC(=O)[C@@H]1CCCN(C(=O)c2ccc3c(c2)N(Cc2ccc(Cl)cc2)C(=O)c2ccccc2S3(=O)=O)C1. The van der Waals surface area contributed by atoms with Gasteiger partial charge in [-0.3, -0.25) is 14.4 Å². The van der Waals surface area contributed by atoms with E-state index in [0.717, 1.165) is 5.56 Å². The minimum absolute atomic E-state index is 0.0591. The fourth-order valence-corrected chi connectivity index (χ4v) is 6.82. The molecular weight excluding hydrogens is 540 g/mol. The second-order valence-electron chi connectivity index (χ2n) is 9.54. The number of halogens is 1. The van der Waals surface area contributed by atoms with Crippen molar-refractivity contribution >= 4 is 44.9 Å². The molecule has 8 nitrogen and oxygen atoms in total. The van der Waals surface area contributed by atoms with Crippen LogP contribution in [0.2, 0.25) is 5.02 Å². The van der Waals surface area contributed by atoms with Gasteiger partial charge in [0.05, 0.1) is 40.1 Å². The molecule has 1 atom stereocenters. The molecular formula is C29H27ClN2O6S. The number of hydrogen-bond acceptors (Lipinski definition) is 6. The maximum Gasteiger partial charge on any atom is 0.310 e. The highest BCUT2D eigenvalue weighted by Gasteiger charge is 2.37. The minimum atomic E-state index is -4.07. The average Bonchev–Trinajstić information content (AvgIpc) is 3.02. The standard InChI is InChI=1S/C29H27ClN2O6S/c1-2-38-29(35)21-6-5-15-31(18-21)27(33)20-11-14-26-24(16-20)32(17-19-9-12-22(30)13-10-19)28(34)23-7-3-4-8-25(23)39(26,36)37/h3-4,7-14,16,21H,2,5-6,15,17-18H2,1H3/t21-/m1/s1. The lowest BCUT2D eigenvalue weighted by molar-refractivity contribution is -0.149. The lowest BCUT2D eigenvalue weighted by Gasteiger charge is -2.32. The van der Waals surface area contributed by atoms with Crippen molar-refractivity contribution < 1.29 is 27.5 Å². The third kappa shape index (κ3) is 5.16. The number of piperidine rings is 1. The summed E-state index contributed by atoms with van der Waals surface area (Å²) < 4.78 is 32.6. The first-order valence-corrected chi connectivity index (χ1v) is 14.6. The Morgan fingerprint density at radius 2 is 1.77 bits per heavy atom. The van der Waals surface area contributed by atoms with E-state index in [1.165, 1.54) is 35.2 Å². The number of hydrogen-bond donors (Lipinski definition) is 0. The molecule has 3 aromatic rings. The third-order valence-electron chi connectivity index (χ3n) is 7.02. The number of nitrogens with zero attached hydrogens (tertiary/aromatic N) is 2. The number of likely N-dealkylation sites (tertiary alicyclic amines) is 1. The van der Waals surface area contributed by atoms with Gasteiger partial charge in [-0.25, -0.2) is 8.42 Å². The van der Waals surface area contributed by atoms with Crippen LogP contribution >= 0.6 is 11.6 Å². The molecule has 0 spiro atoms. The summed E-state index contributed by atoms with van der Waals surface area (Å²) in [7, 11) is -4.07. The number of carbonyl (C=O) groups is 3. The Kier molecular flexibility index (Phi) is 7.46. The van der Waals surface area contributed by atoms with Crippen LogP contribution < -0.4 is 4.90 Å². The van der Waals surface area contributed by atoms with Gasteiger partial charge < -0.3 is 14.5 Å². The van der Waals surface area contributed by atoms with Crippen LogP contribution in [-0.4, -0.2) is 50.8 Å². The molecule has 1 fully saturated rings. The first kappa shape index (κ1) is 26.9. The van der Waals surface area contributed by atoms with E-state index in [1.807, 2.05) is 0 Å². The van der Waals surface area contributed by atoms with Gasteiger partial charge in [0.25, 0.3) is 11.8 Å². The second kappa shape index (κ2) is 10.8. The van der Waals surface area contributed by atoms with Crippen molar-refractivity contribution in [2.24, 2.45) is 5.92 Å². The second-order valence-corrected chi connectivity index (χ2v) is 11.9. The van der Waals surface area contributed by atoms with Crippen LogP contribution in [0.4, 0.5) is 5.69 Å². The van der Waals surface area contributed by atoms with Crippen molar-refractivity contribution in [3.05, 3.63) is 88.4 Å². The maximum atomic E-state index is 13.8. The van der Waals surface area contributed by atoms with Gasteiger partial charge in [0.15, 0.2) is 0 Å². The minimum Gasteiger partial charge on any atom is -0.466 e. The molecule has 0 aliphatic carbocycles. The zero-order valence-electron chi connectivity index (χ0n) is 21.3. The fraction of sp³-hybridized carbons (Fsp3) is 0.276. The average molecular weight is 567 g/mol. The van der Waals surface area contributed by atoms with Crippen molar-refractivity contribution in [3.63, 3.8) is 0 Å². The predicted molar refractivity (Wildman–Crippen MR) is 146 cm³/mol. The van der Waals surface area contributed by atoms with Crippen LogP contribution in [0.3, 0.4) is 0 Å². The Morgan fingerprint density at radius 3 is 2.51 bits per heavy atom. The molecule has 0 aromatic heterocycles.